The second-order valence-corrected chi connectivity index (χ2v) is 5.28. The topological polar surface area (TPSA) is 71.3 Å². The van der Waals surface area contributed by atoms with Gasteiger partial charge in [-0.25, -0.2) is 9.97 Å². The van der Waals surface area contributed by atoms with Crippen molar-refractivity contribution >= 4 is 33.3 Å². The number of imidazole rings is 1. The number of hydrogen-bond donors (Lipinski definition) is 2. The summed E-state index contributed by atoms with van der Waals surface area (Å²) < 4.78 is 2.58. The van der Waals surface area contributed by atoms with Crippen LogP contribution in [0, 0.1) is 0 Å². The lowest BCUT2D eigenvalue weighted by Gasteiger charge is -2.10. The van der Waals surface area contributed by atoms with Crippen LogP contribution < -0.4 is 10.6 Å². The minimum Gasteiger partial charge on any atom is -0.366 e. The van der Waals surface area contributed by atoms with Crippen LogP contribution in [-0.4, -0.2) is 32.9 Å². The van der Waals surface area contributed by atoms with Crippen molar-refractivity contribution in [3.8, 4) is 0 Å². The van der Waals surface area contributed by atoms with Crippen molar-refractivity contribution in [2.75, 3.05) is 11.9 Å². The summed E-state index contributed by atoms with van der Waals surface area (Å²) >= 11 is 3.34. The summed E-state index contributed by atoms with van der Waals surface area (Å²) in [5.74, 6) is 0.689. The maximum Gasteiger partial charge on any atom is 0.221 e. The van der Waals surface area contributed by atoms with Gasteiger partial charge in [-0.2, -0.15) is 0 Å². The molecule has 0 spiro atoms. The molecule has 102 valence electrons. The van der Waals surface area contributed by atoms with Gasteiger partial charge in [0.15, 0.2) is 11.5 Å². The number of aromatic nitrogens is 3. The third kappa shape index (κ3) is 3.66. The fourth-order valence-corrected chi connectivity index (χ4v) is 2.11. The molecule has 0 fully saturated rings. The number of fused-ring (bicyclic) bond motifs is 1. The van der Waals surface area contributed by atoms with E-state index in [-0.39, 0.29) is 11.9 Å². The van der Waals surface area contributed by atoms with E-state index < -0.39 is 0 Å². The van der Waals surface area contributed by atoms with Crippen molar-refractivity contribution in [1.29, 1.82) is 0 Å². The number of carbonyl (C=O) groups excluding carboxylic acids is 1. The second kappa shape index (κ2) is 6.01. The Morgan fingerprint density at radius 2 is 2.32 bits per heavy atom. The van der Waals surface area contributed by atoms with E-state index in [9.17, 15) is 4.79 Å². The Hall–Kier alpha value is -1.63. The molecule has 0 atom stereocenters. The lowest BCUT2D eigenvalue weighted by Crippen LogP contribution is -2.31. The van der Waals surface area contributed by atoms with E-state index in [1.807, 2.05) is 30.6 Å². The predicted molar refractivity (Wildman–Crippen MR) is 77.1 cm³/mol. The number of hydrogen-bond acceptors (Lipinski definition) is 4. The van der Waals surface area contributed by atoms with Gasteiger partial charge in [-0.3, -0.25) is 4.79 Å². The first kappa shape index (κ1) is 13.8. The smallest absolute Gasteiger partial charge is 0.221 e. The maximum atomic E-state index is 11.5. The van der Waals surface area contributed by atoms with E-state index in [2.05, 4.69) is 36.5 Å². The minimum atomic E-state index is 0.0249. The van der Waals surface area contributed by atoms with Crippen LogP contribution in [0.3, 0.4) is 0 Å². The molecule has 19 heavy (non-hydrogen) atoms. The first-order valence-corrected chi connectivity index (χ1v) is 6.88. The number of carbonyl (C=O) groups is 1. The van der Waals surface area contributed by atoms with Gasteiger partial charge >= 0.3 is 0 Å². The van der Waals surface area contributed by atoms with E-state index >= 15 is 0 Å². The zero-order valence-electron chi connectivity index (χ0n) is 10.9. The molecule has 2 heterocycles. The van der Waals surface area contributed by atoms with Gasteiger partial charge < -0.3 is 15.0 Å². The van der Waals surface area contributed by atoms with Crippen molar-refractivity contribution < 1.29 is 4.79 Å². The third-order valence-electron chi connectivity index (χ3n) is 2.44. The fraction of sp³-hybridized carbons (Fsp3) is 0.417. The van der Waals surface area contributed by atoms with E-state index in [0.717, 1.165) is 5.65 Å². The Labute approximate surface area is 119 Å². The number of rotatable bonds is 5. The standard InChI is InChI=1S/C12H16BrN5O/c1-8(2)16-10(19)3-4-14-11-12-15-5-6-18(12)7-9(13)17-11/h5-8H,3-4H2,1-2H3,(H,14,17)(H,16,19). The first-order valence-electron chi connectivity index (χ1n) is 6.08. The van der Waals surface area contributed by atoms with E-state index in [1.54, 1.807) is 6.20 Å². The quantitative estimate of drug-likeness (QED) is 0.879. The summed E-state index contributed by atoms with van der Waals surface area (Å²) in [4.78, 5) is 20.1. The lowest BCUT2D eigenvalue weighted by atomic mass is 10.3. The van der Waals surface area contributed by atoms with Crippen LogP contribution >= 0.6 is 15.9 Å². The van der Waals surface area contributed by atoms with E-state index in [1.165, 1.54) is 0 Å². The minimum absolute atomic E-state index is 0.0249. The number of nitrogens with one attached hydrogen (secondary N) is 2. The molecule has 6 nitrogen and oxygen atoms in total. The van der Waals surface area contributed by atoms with Gasteiger partial charge in [-0.05, 0) is 29.8 Å². The molecule has 0 radical (unpaired) electrons. The van der Waals surface area contributed by atoms with Crippen molar-refractivity contribution in [3.63, 3.8) is 0 Å². The average Bonchev–Trinajstić information content (AvgIpc) is 2.75. The van der Waals surface area contributed by atoms with Gasteiger partial charge in [-0.15, -0.1) is 0 Å². The Morgan fingerprint density at radius 3 is 3.05 bits per heavy atom. The largest absolute Gasteiger partial charge is 0.366 e. The van der Waals surface area contributed by atoms with Crippen molar-refractivity contribution in [2.24, 2.45) is 0 Å². The fourth-order valence-electron chi connectivity index (χ4n) is 1.71. The maximum absolute atomic E-state index is 11.5. The molecule has 7 heteroatoms. The zero-order valence-corrected chi connectivity index (χ0v) is 12.4. The normalized spacial score (nSPS) is 10.9. The predicted octanol–water partition coefficient (Wildman–Crippen LogP) is 1.82. The van der Waals surface area contributed by atoms with Crippen LogP contribution in [0.2, 0.25) is 0 Å². The van der Waals surface area contributed by atoms with Crippen LogP contribution in [0.15, 0.2) is 23.2 Å². The van der Waals surface area contributed by atoms with Gasteiger partial charge in [0.25, 0.3) is 0 Å². The van der Waals surface area contributed by atoms with Crippen molar-refractivity contribution in [1.82, 2.24) is 19.7 Å². The molecule has 2 aromatic rings. The molecule has 2 rings (SSSR count). The molecule has 0 aliphatic heterocycles. The first-order chi connectivity index (χ1) is 9.06. The molecule has 0 aliphatic rings. The van der Waals surface area contributed by atoms with Crippen LogP contribution in [0.5, 0.6) is 0 Å². The highest BCUT2D eigenvalue weighted by Gasteiger charge is 2.07. The molecule has 0 unspecified atom stereocenters. The molecule has 0 aromatic carbocycles. The molecule has 2 N–H and O–H groups in total. The highest BCUT2D eigenvalue weighted by molar-refractivity contribution is 9.10. The van der Waals surface area contributed by atoms with Gasteiger partial charge in [-0.1, -0.05) is 0 Å². The summed E-state index contributed by atoms with van der Waals surface area (Å²) in [6.07, 6.45) is 5.79. The zero-order chi connectivity index (χ0) is 13.8. The number of nitrogens with zero attached hydrogens (tertiary/aromatic N) is 3. The van der Waals surface area contributed by atoms with E-state index in [4.69, 9.17) is 0 Å². The monoisotopic (exact) mass is 325 g/mol. The molecule has 0 bridgehead atoms. The van der Waals surface area contributed by atoms with Gasteiger partial charge in [0.1, 0.15) is 4.60 Å². The average molecular weight is 326 g/mol. The summed E-state index contributed by atoms with van der Waals surface area (Å²) in [7, 11) is 0. The Bertz CT molecular complexity index is 581. The molecule has 0 aliphatic carbocycles. The van der Waals surface area contributed by atoms with Crippen LogP contribution in [0.1, 0.15) is 20.3 Å². The van der Waals surface area contributed by atoms with Crippen LogP contribution in [0.4, 0.5) is 5.82 Å². The Morgan fingerprint density at radius 1 is 1.53 bits per heavy atom. The number of amides is 1. The molecular weight excluding hydrogens is 310 g/mol. The number of halogens is 1. The Balaban J connectivity index is 1.98. The molecule has 0 saturated heterocycles. The van der Waals surface area contributed by atoms with E-state index in [0.29, 0.717) is 23.4 Å². The third-order valence-corrected chi connectivity index (χ3v) is 2.82. The summed E-state index contributed by atoms with van der Waals surface area (Å²) in [5, 5.41) is 5.98. The number of anilines is 1. The summed E-state index contributed by atoms with van der Waals surface area (Å²) in [6, 6.07) is 0.162. The summed E-state index contributed by atoms with van der Waals surface area (Å²) in [5.41, 5.74) is 0.743. The highest BCUT2D eigenvalue weighted by Crippen LogP contribution is 2.16. The van der Waals surface area contributed by atoms with Crippen molar-refractivity contribution in [2.45, 2.75) is 26.3 Å². The van der Waals surface area contributed by atoms with Crippen LogP contribution in [0.25, 0.3) is 5.65 Å². The lowest BCUT2D eigenvalue weighted by molar-refractivity contribution is -0.121. The molecular formula is C12H16BrN5O. The Kier molecular flexibility index (Phi) is 4.36. The molecule has 2 aromatic heterocycles. The van der Waals surface area contributed by atoms with Gasteiger partial charge in [0, 0.05) is 37.6 Å². The molecule has 0 saturated carbocycles. The molecule has 1 amide bonds. The SMILES string of the molecule is CC(C)NC(=O)CCNc1nc(Br)cn2ccnc12. The highest BCUT2D eigenvalue weighted by atomic mass is 79.9. The summed E-state index contributed by atoms with van der Waals surface area (Å²) in [6.45, 7) is 4.40. The van der Waals surface area contributed by atoms with Crippen LogP contribution in [-0.2, 0) is 4.79 Å². The van der Waals surface area contributed by atoms with Gasteiger partial charge in [0.05, 0.1) is 0 Å². The van der Waals surface area contributed by atoms with Gasteiger partial charge in [0.2, 0.25) is 5.91 Å². The van der Waals surface area contributed by atoms with Crippen molar-refractivity contribution in [3.05, 3.63) is 23.2 Å². The second-order valence-electron chi connectivity index (χ2n) is 4.47.